The van der Waals surface area contributed by atoms with Gasteiger partial charge < -0.3 is 19.4 Å². The molecule has 0 saturated carbocycles. The third kappa shape index (κ3) is 4.67. The van der Waals surface area contributed by atoms with Crippen LogP contribution >= 0.6 is 0 Å². The number of nitrogens with zero attached hydrogens (tertiary/aromatic N) is 3. The van der Waals surface area contributed by atoms with Crippen molar-refractivity contribution >= 4 is 17.0 Å². The van der Waals surface area contributed by atoms with Crippen molar-refractivity contribution in [2.24, 2.45) is 0 Å². The van der Waals surface area contributed by atoms with Crippen molar-refractivity contribution in [3.05, 3.63) is 71.1 Å². The van der Waals surface area contributed by atoms with Crippen LogP contribution < -0.4 is 5.32 Å². The molecule has 1 fully saturated rings. The molecule has 1 aliphatic heterocycles. The molecule has 1 aliphatic rings. The first-order valence-corrected chi connectivity index (χ1v) is 11.1. The molecule has 2 N–H and O–H groups in total. The third-order valence-electron chi connectivity index (χ3n) is 6.07. The first-order valence-electron chi connectivity index (χ1n) is 11.1. The van der Waals surface area contributed by atoms with Gasteiger partial charge in [0.2, 0.25) is 0 Å². The maximum absolute atomic E-state index is 13.1. The van der Waals surface area contributed by atoms with Crippen LogP contribution in [0.1, 0.15) is 40.0 Å². The van der Waals surface area contributed by atoms with E-state index in [1.807, 2.05) is 12.1 Å². The SMILES string of the molecule is Cc1noc2nc(-c3ccco3)cc(C(=O)NCc3ccc(CN4CCC(O)CC4)cc3)c12. The van der Waals surface area contributed by atoms with E-state index in [2.05, 4.69) is 32.5 Å². The Hall–Kier alpha value is -3.49. The Morgan fingerprint density at radius 1 is 1.18 bits per heavy atom. The summed E-state index contributed by atoms with van der Waals surface area (Å²) < 4.78 is 10.8. The van der Waals surface area contributed by atoms with Gasteiger partial charge in [-0.15, -0.1) is 0 Å². The number of likely N-dealkylation sites (tertiary alicyclic amines) is 1. The molecule has 0 radical (unpaired) electrons. The average Bonchev–Trinajstić information content (AvgIpc) is 3.50. The number of amides is 1. The third-order valence-corrected chi connectivity index (χ3v) is 6.07. The number of rotatable bonds is 6. The number of furan rings is 1. The van der Waals surface area contributed by atoms with E-state index in [0.29, 0.717) is 40.4 Å². The Balaban J connectivity index is 1.28. The van der Waals surface area contributed by atoms with E-state index in [1.165, 1.54) is 5.56 Å². The van der Waals surface area contributed by atoms with Crippen molar-refractivity contribution in [1.82, 2.24) is 20.4 Å². The summed E-state index contributed by atoms with van der Waals surface area (Å²) in [6.45, 7) is 4.90. The van der Waals surface area contributed by atoms with Crippen molar-refractivity contribution in [3.8, 4) is 11.5 Å². The lowest BCUT2D eigenvalue weighted by atomic mass is 10.1. The molecule has 1 amide bonds. The molecule has 5 rings (SSSR count). The highest BCUT2D eigenvalue weighted by atomic mass is 16.5. The Morgan fingerprint density at radius 2 is 1.94 bits per heavy atom. The van der Waals surface area contributed by atoms with Gasteiger partial charge in [0.25, 0.3) is 11.6 Å². The zero-order chi connectivity index (χ0) is 22.8. The molecule has 4 heterocycles. The molecule has 0 aliphatic carbocycles. The van der Waals surface area contributed by atoms with Gasteiger partial charge in [0, 0.05) is 26.2 Å². The predicted octanol–water partition coefficient (Wildman–Crippen LogP) is 3.68. The molecule has 8 heteroatoms. The Labute approximate surface area is 191 Å². The van der Waals surface area contributed by atoms with Crippen LogP contribution in [0.4, 0.5) is 0 Å². The molecule has 33 heavy (non-hydrogen) atoms. The lowest BCUT2D eigenvalue weighted by Crippen LogP contribution is -2.35. The van der Waals surface area contributed by atoms with Crippen LogP contribution in [0.5, 0.6) is 0 Å². The molecule has 0 unspecified atom stereocenters. The number of aryl methyl sites for hydroxylation is 1. The summed E-state index contributed by atoms with van der Waals surface area (Å²) in [4.78, 5) is 19.9. The molecule has 0 bridgehead atoms. The number of aliphatic hydroxyl groups excluding tert-OH is 1. The number of aromatic nitrogens is 2. The lowest BCUT2D eigenvalue weighted by molar-refractivity contribution is 0.0792. The zero-order valence-electron chi connectivity index (χ0n) is 18.5. The van der Waals surface area contributed by atoms with Gasteiger partial charge in [0.05, 0.1) is 29.0 Å². The molecule has 3 aromatic heterocycles. The highest BCUT2D eigenvalue weighted by Gasteiger charge is 2.20. The van der Waals surface area contributed by atoms with E-state index >= 15 is 0 Å². The number of nitrogens with one attached hydrogen (secondary N) is 1. The maximum Gasteiger partial charge on any atom is 0.259 e. The molecule has 1 saturated heterocycles. The number of fused-ring (bicyclic) bond motifs is 1. The van der Waals surface area contributed by atoms with E-state index in [1.54, 1.807) is 31.4 Å². The number of carbonyl (C=O) groups excluding carboxylic acids is 1. The van der Waals surface area contributed by atoms with Gasteiger partial charge >= 0.3 is 0 Å². The minimum absolute atomic E-state index is 0.161. The second-order valence-corrected chi connectivity index (χ2v) is 8.49. The fourth-order valence-electron chi connectivity index (χ4n) is 4.20. The smallest absolute Gasteiger partial charge is 0.259 e. The minimum atomic E-state index is -0.225. The molecule has 1 aromatic carbocycles. The molecule has 8 nitrogen and oxygen atoms in total. The van der Waals surface area contributed by atoms with E-state index in [9.17, 15) is 9.90 Å². The fourth-order valence-corrected chi connectivity index (χ4v) is 4.20. The standard InChI is InChI=1S/C25H26N4O4/c1-16-23-20(13-21(22-3-2-12-32-22)27-25(23)33-28-16)24(31)26-14-17-4-6-18(7-5-17)15-29-10-8-19(30)9-11-29/h2-7,12-13,19,30H,8-11,14-15H2,1H3,(H,26,31). The summed E-state index contributed by atoms with van der Waals surface area (Å²) in [5.41, 5.74) is 4.13. The van der Waals surface area contributed by atoms with E-state index in [4.69, 9.17) is 8.94 Å². The van der Waals surface area contributed by atoms with Crippen LogP contribution in [0.3, 0.4) is 0 Å². The largest absolute Gasteiger partial charge is 0.463 e. The Kier molecular flexibility index (Phi) is 5.93. The first kappa shape index (κ1) is 21.4. The number of hydrogen-bond donors (Lipinski definition) is 2. The number of pyridine rings is 1. The van der Waals surface area contributed by atoms with Crippen LogP contribution in [0, 0.1) is 6.92 Å². The molecule has 4 aromatic rings. The van der Waals surface area contributed by atoms with Crippen molar-refractivity contribution in [2.75, 3.05) is 13.1 Å². The molecular weight excluding hydrogens is 420 g/mol. The number of carbonyl (C=O) groups is 1. The van der Waals surface area contributed by atoms with Gasteiger partial charge in [-0.1, -0.05) is 29.4 Å². The van der Waals surface area contributed by atoms with Crippen LogP contribution in [0.2, 0.25) is 0 Å². The van der Waals surface area contributed by atoms with Crippen LogP contribution in [-0.4, -0.2) is 45.2 Å². The quantitative estimate of drug-likeness (QED) is 0.466. The van der Waals surface area contributed by atoms with Crippen molar-refractivity contribution in [2.45, 2.75) is 39.0 Å². The van der Waals surface area contributed by atoms with Gasteiger partial charge in [0.15, 0.2) is 5.76 Å². The van der Waals surface area contributed by atoms with Gasteiger partial charge in [-0.2, -0.15) is 0 Å². The molecular formula is C25H26N4O4. The van der Waals surface area contributed by atoms with Crippen molar-refractivity contribution in [1.29, 1.82) is 0 Å². The number of aliphatic hydroxyl groups is 1. The topological polar surface area (TPSA) is 105 Å². The number of benzene rings is 1. The first-order chi connectivity index (χ1) is 16.1. The molecule has 0 spiro atoms. The highest BCUT2D eigenvalue weighted by molar-refractivity contribution is 6.06. The Bertz CT molecular complexity index is 1240. The maximum atomic E-state index is 13.1. The zero-order valence-corrected chi connectivity index (χ0v) is 18.5. The number of hydrogen-bond acceptors (Lipinski definition) is 7. The van der Waals surface area contributed by atoms with Gasteiger partial charge in [-0.25, -0.2) is 4.98 Å². The van der Waals surface area contributed by atoms with Crippen LogP contribution in [0.25, 0.3) is 22.6 Å². The monoisotopic (exact) mass is 446 g/mol. The summed E-state index contributed by atoms with van der Waals surface area (Å²) in [7, 11) is 0. The highest BCUT2D eigenvalue weighted by Crippen LogP contribution is 2.27. The summed E-state index contributed by atoms with van der Waals surface area (Å²) in [6.07, 6.45) is 3.06. The summed E-state index contributed by atoms with van der Waals surface area (Å²) in [5.74, 6) is 0.330. The van der Waals surface area contributed by atoms with Crippen LogP contribution in [-0.2, 0) is 13.1 Å². The summed E-state index contributed by atoms with van der Waals surface area (Å²) in [6, 6.07) is 13.5. The fraction of sp³-hybridized carbons (Fsp3) is 0.320. The molecule has 170 valence electrons. The average molecular weight is 447 g/mol. The second-order valence-electron chi connectivity index (χ2n) is 8.49. The predicted molar refractivity (Wildman–Crippen MR) is 122 cm³/mol. The number of piperidine rings is 1. The van der Waals surface area contributed by atoms with Gasteiger partial charge in [-0.05, 0) is 49.1 Å². The molecule has 0 atom stereocenters. The minimum Gasteiger partial charge on any atom is -0.463 e. The van der Waals surface area contributed by atoms with Gasteiger partial charge in [0.1, 0.15) is 5.69 Å². The lowest BCUT2D eigenvalue weighted by Gasteiger charge is -2.29. The normalized spacial score (nSPS) is 15.2. The van der Waals surface area contributed by atoms with E-state index in [-0.39, 0.29) is 12.0 Å². The Morgan fingerprint density at radius 3 is 2.67 bits per heavy atom. The van der Waals surface area contributed by atoms with E-state index < -0.39 is 0 Å². The van der Waals surface area contributed by atoms with Crippen molar-refractivity contribution in [3.63, 3.8) is 0 Å². The van der Waals surface area contributed by atoms with Gasteiger partial charge in [-0.3, -0.25) is 9.69 Å². The second kappa shape index (κ2) is 9.17. The summed E-state index contributed by atoms with van der Waals surface area (Å²) >= 11 is 0. The summed E-state index contributed by atoms with van der Waals surface area (Å²) in [5, 5.41) is 17.2. The van der Waals surface area contributed by atoms with Crippen LogP contribution in [0.15, 0.2) is 57.7 Å². The van der Waals surface area contributed by atoms with Crippen molar-refractivity contribution < 1.29 is 18.8 Å². The van der Waals surface area contributed by atoms with E-state index in [0.717, 1.165) is 38.0 Å².